The largest absolute Gasteiger partial charge is 0.493 e. The van der Waals surface area contributed by atoms with Gasteiger partial charge in [0.2, 0.25) is 15.7 Å². The van der Waals surface area contributed by atoms with Crippen molar-refractivity contribution in [1.82, 2.24) is 0 Å². The molecule has 2 aromatic carbocycles. The lowest BCUT2D eigenvalue weighted by atomic mass is 9.90. The summed E-state index contributed by atoms with van der Waals surface area (Å²) in [6.07, 6.45) is 0.231. The SMILES string of the molecule is CCOc1ccc([C@@H]2CC(=O)Nc3c(S(=O)(=O)c4ccc(C)cc4)csc32)cc1OC. The van der Waals surface area contributed by atoms with Gasteiger partial charge in [-0.15, -0.1) is 11.3 Å². The number of amides is 1. The van der Waals surface area contributed by atoms with Gasteiger partial charge in [-0.3, -0.25) is 4.79 Å². The number of thiophene rings is 1. The molecule has 0 aliphatic carbocycles. The molecular formula is C23H23NO5S2. The number of aryl methyl sites for hydroxylation is 1. The van der Waals surface area contributed by atoms with E-state index in [1.54, 1.807) is 36.8 Å². The molecule has 1 aromatic heterocycles. The third-order valence-corrected chi connectivity index (χ3v) is 8.31. The number of nitrogens with one attached hydrogen (secondary N) is 1. The number of carbonyl (C=O) groups excluding carboxylic acids is 1. The van der Waals surface area contributed by atoms with Gasteiger partial charge in [-0.2, -0.15) is 0 Å². The average molecular weight is 458 g/mol. The molecule has 3 aromatic rings. The summed E-state index contributed by atoms with van der Waals surface area (Å²) in [4.78, 5) is 13.7. The van der Waals surface area contributed by atoms with Gasteiger partial charge < -0.3 is 14.8 Å². The Labute approximate surface area is 185 Å². The number of hydrogen-bond donors (Lipinski definition) is 1. The van der Waals surface area contributed by atoms with E-state index in [4.69, 9.17) is 9.47 Å². The molecule has 8 heteroatoms. The number of methoxy groups -OCH3 is 1. The van der Waals surface area contributed by atoms with E-state index in [9.17, 15) is 13.2 Å². The van der Waals surface area contributed by atoms with Crippen molar-refractivity contribution in [2.75, 3.05) is 19.0 Å². The molecule has 0 fully saturated rings. The van der Waals surface area contributed by atoms with Crippen molar-refractivity contribution in [3.63, 3.8) is 0 Å². The van der Waals surface area contributed by atoms with Crippen LogP contribution in [0.4, 0.5) is 5.69 Å². The molecule has 1 amide bonds. The molecule has 0 bridgehead atoms. The van der Waals surface area contributed by atoms with Crippen molar-refractivity contribution in [3.05, 3.63) is 63.8 Å². The first-order chi connectivity index (χ1) is 14.8. The fourth-order valence-electron chi connectivity index (χ4n) is 3.69. The number of carbonyl (C=O) groups is 1. The first-order valence-corrected chi connectivity index (χ1v) is 12.2. The molecule has 1 N–H and O–H groups in total. The fraction of sp³-hybridized carbons (Fsp3) is 0.261. The van der Waals surface area contributed by atoms with Crippen LogP contribution in [0.25, 0.3) is 0 Å². The quantitative estimate of drug-likeness (QED) is 0.577. The van der Waals surface area contributed by atoms with Crippen molar-refractivity contribution in [1.29, 1.82) is 0 Å². The molecular weight excluding hydrogens is 434 g/mol. The van der Waals surface area contributed by atoms with Crippen LogP contribution in [-0.4, -0.2) is 28.0 Å². The van der Waals surface area contributed by atoms with Gasteiger partial charge in [-0.25, -0.2) is 8.42 Å². The number of hydrogen-bond acceptors (Lipinski definition) is 6. The molecule has 2 heterocycles. The summed E-state index contributed by atoms with van der Waals surface area (Å²) in [7, 11) is -2.19. The Morgan fingerprint density at radius 2 is 1.87 bits per heavy atom. The molecule has 1 atom stereocenters. The maximum Gasteiger partial charge on any atom is 0.225 e. The van der Waals surface area contributed by atoms with Gasteiger partial charge in [0.15, 0.2) is 11.5 Å². The van der Waals surface area contributed by atoms with Crippen molar-refractivity contribution >= 4 is 32.8 Å². The van der Waals surface area contributed by atoms with E-state index in [1.165, 1.54) is 11.3 Å². The molecule has 1 aliphatic rings. The smallest absolute Gasteiger partial charge is 0.225 e. The Kier molecular flexibility index (Phi) is 5.77. The maximum atomic E-state index is 13.3. The Bertz CT molecular complexity index is 1230. The van der Waals surface area contributed by atoms with Crippen LogP contribution in [0.3, 0.4) is 0 Å². The van der Waals surface area contributed by atoms with Crippen LogP contribution in [0, 0.1) is 6.92 Å². The number of fused-ring (bicyclic) bond motifs is 1. The molecule has 1 aliphatic heterocycles. The van der Waals surface area contributed by atoms with Gasteiger partial charge in [0.05, 0.1) is 24.3 Å². The third kappa shape index (κ3) is 3.93. The van der Waals surface area contributed by atoms with Crippen LogP contribution in [0.1, 0.15) is 35.3 Å². The summed E-state index contributed by atoms with van der Waals surface area (Å²) >= 11 is 1.34. The minimum absolute atomic E-state index is 0.132. The molecule has 0 radical (unpaired) electrons. The normalized spacial score (nSPS) is 15.8. The van der Waals surface area contributed by atoms with Crippen LogP contribution in [0.2, 0.25) is 0 Å². The van der Waals surface area contributed by atoms with Crippen molar-refractivity contribution in [3.8, 4) is 11.5 Å². The number of ether oxygens (including phenoxy) is 2. The van der Waals surface area contributed by atoms with Gasteiger partial charge >= 0.3 is 0 Å². The predicted molar refractivity (Wildman–Crippen MR) is 120 cm³/mol. The molecule has 6 nitrogen and oxygen atoms in total. The van der Waals surface area contributed by atoms with Crippen LogP contribution in [0.5, 0.6) is 11.5 Å². The number of benzene rings is 2. The van der Waals surface area contributed by atoms with E-state index in [0.29, 0.717) is 23.8 Å². The van der Waals surface area contributed by atoms with Crippen LogP contribution >= 0.6 is 11.3 Å². The third-order valence-electron chi connectivity index (χ3n) is 5.27. The summed E-state index contributed by atoms with van der Waals surface area (Å²) in [6, 6.07) is 12.3. The van der Waals surface area contributed by atoms with Crippen molar-refractivity contribution < 1.29 is 22.7 Å². The van der Waals surface area contributed by atoms with E-state index in [0.717, 1.165) is 16.0 Å². The second-order valence-electron chi connectivity index (χ2n) is 7.30. The number of sulfone groups is 1. The summed E-state index contributed by atoms with van der Waals surface area (Å²) in [5.74, 6) is 0.725. The fourth-order valence-corrected chi connectivity index (χ4v) is 6.60. The molecule has 0 saturated heterocycles. The zero-order valence-corrected chi connectivity index (χ0v) is 19.1. The summed E-state index contributed by atoms with van der Waals surface area (Å²) in [5.41, 5.74) is 2.22. The summed E-state index contributed by atoms with van der Waals surface area (Å²) in [6.45, 7) is 4.31. The standard InChI is InChI=1S/C23H23NO5S2/c1-4-29-18-10-7-15(11-19(18)28-3)17-12-21(25)24-22-20(13-30-23(17)22)31(26,27)16-8-5-14(2)6-9-16/h5-11,13,17H,4,12H2,1-3H3,(H,24,25)/t17-/m0/s1. The number of anilines is 1. The molecule has 4 rings (SSSR count). The molecule has 0 unspecified atom stereocenters. The van der Waals surface area contributed by atoms with Crippen LogP contribution in [-0.2, 0) is 14.6 Å². The molecule has 162 valence electrons. The van der Waals surface area contributed by atoms with E-state index in [-0.39, 0.29) is 28.0 Å². The summed E-state index contributed by atoms with van der Waals surface area (Å²) in [5, 5.41) is 4.41. The molecule has 0 saturated carbocycles. The highest BCUT2D eigenvalue weighted by atomic mass is 32.2. The van der Waals surface area contributed by atoms with Crippen LogP contribution < -0.4 is 14.8 Å². The zero-order chi connectivity index (χ0) is 22.2. The monoisotopic (exact) mass is 457 g/mol. The Hall–Kier alpha value is -2.84. The topological polar surface area (TPSA) is 81.7 Å². The van der Waals surface area contributed by atoms with Crippen molar-refractivity contribution in [2.45, 2.75) is 36.0 Å². The molecule has 31 heavy (non-hydrogen) atoms. The highest BCUT2D eigenvalue weighted by molar-refractivity contribution is 7.91. The van der Waals surface area contributed by atoms with Gasteiger partial charge in [-0.05, 0) is 43.7 Å². The van der Waals surface area contributed by atoms with E-state index >= 15 is 0 Å². The number of rotatable bonds is 6. The summed E-state index contributed by atoms with van der Waals surface area (Å²) < 4.78 is 37.6. The van der Waals surface area contributed by atoms with Gasteiger partial charge in [-0.1, -0.05) is 23.8 Å². The van der Waals surface area contributed by atoms with Gasteiger partial charge in [0, 0.05) is 22.6 Å². The molecule has 0 spiro atoms. The van der Waals surface area contributed by atoms with E-state index < -0.39 is 9.84 Å². The van der Waals surface area contributed by atoms with Crippen LogP contribution in [0.15, 0.2) is 57.6 Å². The minimum Gasteiger partial charge on any atom is -0.493 e. The first kappa shape index (κ1) is 21.4. The highest BCUT2D eigenvalue weighted by Crippen LogP contribution is 2.47. The zero-order valence-electron chi connectivity index (χ0n) is 17.5. The average Bonchev–Trinajstić information content (AvgIpc) is 3.18. The second-order valence-corrected chi connectivity index (χ2v) is 10.1. The van der Waals surface area contributed by atoms with Gasteiger partial charge in [0.25, 0.3) is 0 Å². The Balaban J connectivity index is 1.78. The van der Waals surface area contributed by atoms with E-state index in [1.807, 2.05) is 32.0 Å². The highest BCUT2D eigenvalue weighted by Gasteiger charge is 2.34. The Morgan fingerprint density at radius 3 is 2.55 bits per heavy atom. The minimum atomic E-state index is -3.76. The van der Waals surface area contributed by atoms with Gasteiger partial charge in [0.1, 0.15) is 4.90 Å². The lowest BCUT2D eigenvalue weighted by Crippen LogP contribution is -2.23. The first-order valence-electron chi connectivity index (χ1n) is 9.89. The Morgan fingerprint density at radius 1 is 1.13 bits per heavy atom. The second kappa shape index (κ2) is 8.36. The predicted octanol–water partition coefficient (Wildman–Crippen LogP) is 4.77. The lowest BCUT2D eigenvalue weighted by molar-refractivity contribution is -0.116. The maximum absolute atomic E-state index is 13.3. The van der Waals surface area contributed by atoms with E-state index in [2.05, 4.69) is 5.32 Å². The van der Waals surface area contributed by atoms with Crippen molar-refractivity contribution in [2.24, 2.45) is 0 Å². The lowest BCUT2D eigenvalue weighted by Gasteiger charge is -2.24.